The van der Waals surface area contributed by atoms with Gasteiger partial charge < -0.3 is 9.88 Å². The summed E-state index contributed by atoms with van der Waals surface area (Å²) in [6.45, 7) is 0.485. The fraction of sp³-hybridized carbons (Fsp3) is 0.308. The average molecular weight is 331 g/mol. The first-order valence-electron chi connectivity index (χ1n) is 6.41. The normalized spacial score (nSPS) is 14.8. The zero-order valence-corrected chi connectivity index (χ0v) is 11.9. The van der Waals surface area contributed by atoms with Crippen molar-refractivity contribution in [1.29, 1.82) is 0 Å². The minimum absolute atomic E-state index is 0.0546. The largest absolute Gasteiger partial charge is 0.449 e. The highest BCUT2D eigenvalue weighted by atomic mass is 35.5. The van der Waals surface area contributed by atoms with E-state index < -0.39 is 17.6 Å². The van der Waals surface area contributed by atoms with Gasteiger partial charge in [-0.3, -0.25) is 4.79 Å². The maximum Gasteiger partial charge on any atom is 0.449 e. The van der Waals surface area contributed by atoms with Crippen LogP contribution in [0.3, 0.4) is 0 Å². The number of anilines is 1. The lowest BCUT2D eigenvalue weighted by atomic mass is 10.1. The van der Waals surface area contributed by atoms with Crippen LogP contribution in [-0.4, -0.2) is 21.5 Å². The molecular formula is C13H10ClF3N4O. The van der Waals surface area contributed by atoms with E-state index in [4.69, 9.17) is 11.6 Å². The van der Waals surface area contributed by atoms with E-state index in [1.54, 1.807) is 28.2 Å². The number of hydrogen-bond donors (Lipinski definition) is 1. The number of hydrogen-bond acceptors (Lipinski definition) is 4. The number of halogens is 4. The van der Waals surface area contributed by atoms with Crippen LogP contribution >= 0.6 is 11.6 Å². The van der Waals surface area contributed by atoms with Gasteiger partial charge in [-0.1, -0.05) is 11.6 Å². The molecule has 0 radical (unpaired) electrons. The van der Waals surface area contributed by atoms with Crippen LogP contribution in [0, 0.1) is 0 Å². The molecule has 0 aliphatic carbocycles. The molecule has 0 fully saturated rings. The summed E-state index contributed by atoms with van der Waals surface area (Å²) in [5.74, 6) is -0.823. The number of aromatic amines is 1. The number of nitrogens with zero attached hydrogens (tertiary/aromatic N) is 3. The Bertz CT molecular complexity index is 775. The number of alkyl halides is 3. The highest BCUT2D eigenvalue weighted by Crippen LogP contribution is 2.29. The van der Waals surface area contributed by atoms with Gasteiger partial charge in [0.25, 0.3) is 5.56 Å². The number of aromatic nitrogens is 3. The molecule has 2 aromatic heterocycles. The van der Waals surface area contributed by atoms with Gasteiger partial charge in [0.15, 0.2) is 0 Å². The molecule has 0 amide bonds. The predicted molar refractivity (Wildman–Crippen MR) is 73.9 cm³/mol. The molecular weight excluding hydrogens is 321 g/mol. The van der Waals surface area contributed by atoms with Crippen LogP contribution < -0.4 is 10.5 Å². The van der Waals surface area contributed by atoms with Crippen molar-refractivity contribution in [3.63, 3.8) is 0 Å². The fourth-order valence-electron chi connectivity index (χ4n) is 2.36. The summed E-state index contributed by atoms with van der Waals surface area (Å²) in [4.78, 5) is 23.0. The Labute approximate surface area is 127 Å². The van der Waals surface area contributed by atoms with Gasteiger partial charge in [0.2, 0.25) is 5.82 Å². The Morgan fingerprint density at radius 3 is 2.82 bits per heavy atom. The molecule has 1 N–H and O–H groups in total. The van der Waals surface area contributed by atoms with E-state index in [0.717, 1.165) is 0 Å². The SMILES string of the molecule is O=c1[nH]c(C(F)(F)F)nc2c1CCN(c1ncccc1Cl)C2. The van der Waals surface area contributed by atoms with E-state index in [0.29, 0.717) is 17.4 Å². The van der Waals surface area contributed by atoms with E-state index in [-0.39, 0.29) is 24.2 Å². The van der Waals surface area contributed by atoms with E-state index in [9.17, 15) is 18.0 Å². The molecule has 1 aliphatic heterocycles. The van der Waals surface area contributed by atoms with Crippen LogP contribution in [0.2, 0.25) is 5.02 Å². The smallest absolute Gasteiger partial charge is 0.349 e. The molecule has 116 valence electrons. The standard InChI is InChI=1S/C13H10ClF3N4O/c14-8-2-1-4-18-10(8)21-5-3-7-9(6-21)19-12(13(15,16)17)20-11(7)22/h1-2,4H,3,5-6H2,(H,19,20,22). The van der Waals surface area contributed by atoms with Gasteiger partial charge in [-0.2, -0.15) is 13.2 Å². The van der Waals surface area contributed by atoms with E-state index in [1.807, 2.05) is 0 Å². The highest BCUT2D eigenvalue weighted by Gasteiger charge is 2.36. The topological polar surface area (TPSA) is 61.9 Å². The molecule has 0 saturated carbocycles. The number of fused-ring (bicyclic) bond motifs is 1. The van der Waals surface area contributed by atoms with Crippen molar-refractivity contribution >= 4 is 17.4 Å². The lowest BCUT2D eigenvalue weighted by molar-refractivity contribution is -0.145. The van der Waals surface area contributed by atoms with Gasteiger partial charge >= 0.3 is 6.18 Å². The minimum Gasteiger partial charge on any atom is -0.349 e. The van der Waals surface area contributed by atoms with Crippen LogP contribution in [0.4, 0.5) is 19.0 Å². The first-order valence-corrected chi connectivity index (χ1v) is 6.79. The molecule has 0 unspecified atom stereocenters. The summed E-state index contributed by atoms with van der Waals surface area (Å²) < 4.78 is 38.2. The summed E-state index contributed by atoms with van der Waals surface area (Å²) in [7, 11) is 0. The number of nitrogens with one attached hydrogen (secondary N) is 1. The lowest BCUT2D eigenvalue weighted by Crippen LogP contribution is -2.37. The highest BCUT2D eigenvalue weighted by molar-refractivity contribution is 6.32. The zero-order chi connectivity index (χ0) is 15.9. The summed E-state index contributed by atoms with van der Waals surface area (Å²) >= 11 is 6.05. The van der Waals surface area contributed by atoms with Crippen molar-refractivity contribution in [2.45, 2.75) is 19.1 Å². The minimum atomic E-state index is -4.70. The second-order valence-electron chi connectivity index (χ2n) is 4.82. The molecule has 5 nitrogen and oxygen atoms in total. The van der Waals surface area contributed by atoms with Gasteiger partial charge in [-0.05, 0) is 18.6 Å². The van der Waals surface area contributed by atoms with Gasteiger partial charge in [-0.25, -0.2) is 9.97 Å². The summed E-state index contributed by atoms with van der Waals surface area (Å²) in [5.41, 5.74) is -0.371. The maximum atomic E-state index is 12.7. The molecule has 9 heteroatoms. The van der Waals surface area contributed by atoms with Crippen molar-refractivity contribution in [2.75, 3.05) is 11.4 Å². The predicted octanol–water partition coefficient (Wildman–Crippen LogP) is 2.40. The maximum absolute atomic E-state index is 12.7. The second kappa shape index (κ2) is 5.28. The van der Waals surface area contributed by atoms with Crippen molar-refractivity contribution in [1.82, 2.24) is 15.0 Å². The van der Waals surface area contributed by atoms with Gasteiger partial charge in [-0.15, -0.1) is 0 Å². The molecule has 22 heavy (non-hydrogen) atoms. The molecule has 3 rings (SSSR count). The first kappa shape index (κ1) is 14.8. The average Bonchev–Trinajstić information content (AvgIpc) is 2.46. The van der Waals surface area contributed by atoms with E-state index in [1.165, 1.54) is 0 Å². The zero-order valence-electron chi connectivity index (χ0n) is 11.1. The van der Waals surface area contributed by atoms with Crippen molar-refractivity contribution in [3.8, 4) is 0 Å². The Morgan fingerprint density at radius 2 is 2.14 bits per heavy atom. The van der Waals surface area contributed by atoms with Crippen molar-refractivity contribution in [3.05, 3.63) is 50.8 Å². The molecule has 1 aliphatic rings. The number of rotatable bonds is 1. The third-order valence-electron chi connectivity index (χ3n) is 3.38. The molecule has 0 aromatic carbocycles. The van der Waals surface area contributed by atoms with E-state index >= 15 is 0 Å². The Hall–Kier alpha value is -2.09. The molecule has 0 atom stereocenters. The van der Waals surface area contributed by atoms with Crippen molar-refractivity contribution in [2.24, 2.45) is 0 Å². The monoisotopic (exact) mass is 330 g/mol. The van der Waals surface area contributed by atoms with Crippen LogP contribution in [0.25, 0.3) is 0 Å². The Morgan fingerprint density at radius 1 is 1.36 bits per heavy atom. The van der Waals surface area contributed by atoms with Crippen LogP contribution in [-0.2, 0) is 19.1 Å². The van der Waals surface area contributed by atoms with Crippen LogP contribution in [0.1, 0.15) is 17.1 Å². The number of pyridine rings is 1. The number of H-pyrrole nitrogens is 1. The molecule has 2 aromatic rings. The van der Waals surface area contributed by atoms with Gasteiger partial charge in [0, 0.05) is 18.3 Å². The third kappa shape index (κ3) is 2.66. The molecule has 0 bridgehead atoms. The van der Waals surface area contributed by atoms with E-state index in [2.05, 4.69) is 9.97 Å². The quantitative estimate of drug-likeness (QED) is 0.872. The van der Waals surface area contributed by atoms with Crippen LogP contribution in [0.5, 0.6) is 0 Å². The third-order valence-corrected chi connectivity index (χ3v) is 3.68. The van der Waals surface area contributed by atoms with Gasteiger partial charge in [0.05, 0.1) is 17.3 Å². The Balaban J connectivity index is 2.00. The molecule has 0 spiro atoms. The molecule has 0 saturated heterocycles. The van der Waals surface area contributed by atoms with Crippen LogP contribution in [0.15, 0.2) is 23.1 Å². The summed E-state index contributed by atoms with van der Waals surface area (Å²) in [5, 5.41) is 0.395. The lowest BCUT2D eigenvalue weighted by Gasteiger charge is -2.29. The first-order chi connectivity index (χ1) is 10.4. The summed E-state index contributed by atoms with van der Waals surface area (Å²) in [6.07, 6.45) is -2.87. The summed E-state index contributed by atoms with van der Waals surface area (Å²) in [6, 6.07) is 3.31. The second-order valence-corrected chi connectivity index (χ2v) is 5.23. The molecule has 3 heterocycles. The van der Waals surface area contributed by atoms with Gasteiger partial charge in [0.1, 0.15) is 5.82 Å². The fourth-order valence-corrected chi connectivity index (χ4v) is 2.61. The Kier molecular flexibility index (Phi) is 3.56. The van der Waals surface area contributed by atoms with Crippen molar-refractivity contribution < 1.29 is 13.2 Å².